The van der Waals surface area contributed by atoms with E-state index in [0.717, 1.165) is 4.57 Å². The van der Waals surface area contributed by atoms with Crippen molar-refractivity contribution in [2.45, 2.75) is 6.54 Å². The number of imidazole rings is 1. The third kappa shape index (κ3) is 2.20. The standard InChI is InChI=1S/C11H11N7O3S/c1-16-8-7(9(20)17(2)11(16)21)18(4-12-8)3-6(19)14-10-15-13-5-22-10/h4-5H,3H2,1-2H3,(H,14,15,19). The van der Waals surface area contributed by atoms with Crippen LogP contribution in [-0.2, 0) is 25.4 Å². The van der Waals surface area contributed by atoms with Gasteiger partial charge in [-0.15, -0.1) is 10.2 Å². The molecule has 114 valence electrons. The number of anilines is 1. The molecule has 1 amide bonds. The monoisotopic (exact) mass is 321 g/mol. The van der Waals surface area contributed by atoms with Crippen molar-refractivity contribution in [3.8, 4) is 0 Å². The zero-order valence-electron chi connectivity index (χ0n) is 11.7. The highest BCUT2D eigenvalue weighted by molar-refractivity contribution is 7.13. The Morgan fingerprint density at radius 1 is 1.32 bits per heavy atom. The number of amides is 1. The molecule has 10 nitrogen and oxygen atoms in total. The zero-order valence-corrected chi connectivity index (χ0v) is 12.5. The second-order valence-electron chi connectivity index (χ2n) is 4.54. The highest BCUT2D eigenvalue weighted by atomic mass is 32.1. The molecule has 11 heteroatoms. The Bertz CT molecular complexity index is 966. The third-order valence-electron chi connectivity index (χ3n) is 3.14. The summed E-state index contributed by atoms with van der Waals surface area (Å²) in [4.78, 5) is 40.1. The molecule has 3 aromatic heterocycles. The average Bonchev–Trinajstić information content (AvgIpc) is 3.12. The molecule has 0 saturated carbocycles. The maximum atomic E-state index is 12.2. The molecule has 0 radical (unpaired) electrons. The number of hydrogen-bond acceptors (Lipinski definition) is 7. The first kappa shape index (κ1) is 14.1. The minimum absolute atomic E-state index is 0.122. The fourth-order valence-corrected chi connectivity index (χ4v) is 2.52. The predicted octanol–water partition coefficient (Wildman–Crippen LogP) is -1.08. The summed E-state index contributed by atoms with van der Waals surface area (Å²) in [6.07, 6.45) is 1.35. The van der Waals surface area contributed by atoms with Gasteiger partial charge in [-0.1, -0.05) is 11.3 Å². The number of hydrogen-bond donors (Lipinski definition) is 1. The molecule has 0 aliphatic rings. The summed E-state index contributed by atoms with van der Waals surface area (Å²) in [5.41, 5.74) is 0.947. The van der Waals surface area contributed by atoms with Gasteiger partial charge in [-0.3, -0.25) is 24.0 Å². The van der Waals surface area contributed by atoms with Crippen molar-refractivity contribution in [2.24, 2.45) is 14.1 Å². The van der Waals surface area contributed by atoms with Gasteiger partial charge in [0.15, 0.2) is 11.2 Å². The molecule has 0 aromatic carbocycles. The summed E-state index contributed by atoms with van der Waals surface area (Å²) >= 11 is 1.19. The van der Waals surface area contributed by atoms with Gasteiger partial charge in [0.05, 0.1) is 6.33 Å². The Labute approximate surface area is 126 Å². The quantitative estimate of drug-likeness (QED) is 0.656. The molecule has 0 fully saturated rings. The van der Waals surface area contributed by atoms with Crippen LogP contribution < -0.4 is 16.6 Å². The summed E-state index contributed by atoms with van der Waals surface area (Å²) in [5.74, 6) is -0.369. The van der Waals surface area contributed by atoms with E-state index in [1.54, 1.807) is 0 Å². The Morgan fingerprint density at radius 2 is 2.09 bits per heavy atom. The molecule has 1 N–H and O–H groups in total. The highest BCUT2D eigenvalue weighted by Crippen LogP contribution is 2.09. The van der Waals surface area contributed by atoms with Crippen LogP contribution in [0.4, 0.5) is 5.13 Å². The minimum Gasteiger partial charge on any atom is -0.315 e. The topological polar surface area (TPSA) is 117 Å². The van der Waals surface area contributed by atoms with Crippen LogP contribution in [0.25, 0.3) is 11.2 Å². The predicted molar refractivity (Wildman–Crippen MR) is 78.8 cm³/mol. The van der Waals surface area contributed by atoms with E-state index in [2.05, 4.69) is 20.5 Å². The number of carbonyl (C=O) groups excluding carboxylic acids is 1. The largest absolute Gasteiger partial charge is 0.332 e. The average molecular weight is 321 g/mol. The van der Waals surface area contributed by atoms with Gasteiger partial charge in [0, 0.05) is 14.1 Å². The van der Waals surface area contributed by atoms with Crippen LogP contribution in [0.1, 0.15) is 0 Å². The summed E-state index contributed by atoms with van der Waals surface area (Å²) in [6, 6.07) is 0. The number of nitrogens with zero attached hydrogens (tertiary/aromatic N) is 6. The van der Waals surface area contributed by atoms with Crippen LogP contribution in [0.2, 0.25) is 0 Å². The van der Waals surface area contributed by atoms with Crippen molar-refractivity contribution in [3.05, 3.63) is 32.7 Å². The first-order valence-electron chi connectivity index (χ1n) is 6.16. The maximum Gasteiger partial charge on any atom is 0.332 e. The van der Waals surface area contributed by atoms with Crippen molar-refractivity contribution in [1.29, 1.82) is 0 Å². The number of rotatable bonds is 3. The Kier molecular flexibility index (Phi) is 3.33. The lowest BCUT2D eigenvalue weighted by Gasteiger charge is -2.06. The number of fused-ring (bicyclic) bond motifs is 1. The van der Waals surface area contributed by atoms with E-state index in [-0.39, 0.29) is 23.6 Å². The van der Waals surface area contributed by atoms with E-state index in [4.69, 9.17) is 0 Å². The molecule has 0 aliphatic carbocycles. The first-order valence-corrected chi connectivity index (χ1v) is 7.04. The first-order chi connectivity index (χ1) is 10.5. The van der Waals surface area contributed by atoms with E-state index >= 15 is 0 Å². The normalized spacial score (nSPS) is 11.0. The summed E-state index contributed by atoms with van der Waals surface area (Å²) in [7, 11) is 2.89. The van der Waals surface area contributed by atoms with Crippen LogP contribution in [0.15, 0.2) is 21.4 Å². The lowest BCUT2D eigenvalue weighted by Crippen LogP contribution is -2.37. The number of aryl methyl sites for hydroxylation is 1. The molecule has 22 heavy (non-hydrogen) atoms. The SMILES string of the molecule is Cn1c(=O)c2c(ncn2CC(=O)Nc2nncs2)n(C)c1=O. The van der Waals surface area contributed by atoms with Gasteiger partial charge in [0.1, 0.15) is 12.1 Å². The Hall–Kier alpha value is -2.82. The smallest absolute Gasteiger partial charge is 0.315 e. The van der Waals surface area contributed by atoms with E-state index in [1.165, 1.54) is 46.4 Å². The maximum absolute atomic E-state index is 12.2. The molecule has 3 rings (SSSR count). The lowest BCUT2D eigenvalue weighted by atomic mass is 10.4. The fourth-order valence-electron chi connectivity index (χ4n) is 2.06. The molecule has 3 aromatic rings. The molecule has 0 saturated heterocycles. The molecule has 0 atom stereocenters. The Balaban J connectivity index is 2.00. The molecule has 3 heterocycles. The van der Waals surface area contributed by atoms with Crippen LogP contribution in [0, 0.1) is 0 Å². The van der Waals surface area contributed by atoms with Gasteiger partial charge in [0.2, 0.25) is 11.0 Å². The second kappa shape index (κ2) is 5.18. The van der Waals surface area contributed by atoms with Crippen molar-refractivity contribution >= 4 is 33.5 Å². The van der Waals surface area contributed by atoms with Crippen molar-refractivity contribution in [3.63, 3.8) is 0 Å². The van der Waals surface area contributed by atoms with E-state index in [1.807, 2.05) is 0 Å². The van der Waals surface area contributed by atoms with E-state index in [9.17, 15) is 14.4 Å². The van der Waals surface area contributed by atoms with Crippen molar-refractivity contribution < 1.29 is 4.79 Å². The second-order valence-corrected chi connectivity index (χ2v) is 5.38. The van der Waals surface area contributed by atoms with E-state index < -0.39 is 11.2 Å². The van der Waals surface area contributed by atoms with Gasteiger partial charge >= 0.3 is 5.69 Å². The molecular weight excluding hydrogens is 310 g/mol. The van der Waals surface area contributed by atoms with Gasteiger partial charge < -0.3 is 4.57 Å². The number of aromatic nitrogens is 6. The molecule has 0 bridgehead atoms. The minimum atomic E-state index is -0.501. The van der Waals surface area contributed by atoms with Crippen molar-refractivity contribution in [1.82, 2.24) is 28.9 Å². The van der Waals surface area contributed by atoms with Crippen molar-refractivity contribution in [2.75, 3.05) is 5.32 Å². The highest BCUT2D eigenvalue weighted by Gasteiger charge is 2.16. The molecular formula is C11H11N7O3S. The van der Waals surface area contributed by atoms with Crippen LogP contribution in [-0.4, -0.2) is 34.8 Å². The third-order valence-corrected chi connectivity index (χ3v) is 3.74. The summed E-state index contributed by atoms with van der Waals surface area (Å²) in [6.45, 7) is -0.122. The Morgan fingerprint density at radius 3 is 2.77 bits per heavy atom. The van der Waals surface area contributed by atoms with Crippen LogP contribution in [0.3, 0.4) is 0 Å². The summed E-state index contributed by atoms with van der Waals surface area (Å²) < 4.78 is 3.63. The summed E-state index contributed by atoms with van der Waals surface area (Å²) in [5, 5.41) is 10.3. The lowest BCUT2D eigenvalue weighted by molar-refractivity contribution is -0.116. The molecule has 0 spiro atoms. The van der Waals surface area contributed by atoms with Gasteiger partial charge in [-0.2, -0.15) is 0 Å². The van der Waals surface area contributed by atoms with Gasteiger partial charge in [0.25, 0.3) is 5.56 Å². The number of carbonyl (C=O) groups is 1. The fraction of sp³-hybridized carbons (Fsp3) is 0.273. The zero-order chi connectivity index (χ0) is 15.9. The van der Waals surface area contributed by atoms with E-state index in [0.29, 0.717) is 5.13 Å². The van der Waals surface area contributed by atoms with Gasteiger partial charge in [-0.05, 0) is 0 Å². The van der Waals surface area contributed by atoms with Gasteiger partial charge in [-0.25, -0.2) is 9.78 Å². The molecule has 0 unspecified atom stereocenters. The molecule has 0 aliphatic heterocycles. The number of nitrogens with one attached hydrogen (secondary N) is 1. The van der Waals surface area contributed by atoms with Crippen LogP contribution >= 0.6 is 11.3 Å². The van der Waals surface area contributed by atoms with Crippen LogP contribution in [0.5, 0.6) is 0 Å².